The number of halogens is 1. The summed E-state index contributed by atoms with van der Waals surface area (Å²) in [6.45, 7) is 0. The van der Waals surface area contributed by atoms with Crippen molar-refractivity contribution >= 4 is 27.5 Å². The predicted molar refractivity (Wildman–Crippen MR) is 75.6 cm³/mol. The van der Waals surface area contributed by atoms with Gasteiger partial charge in [0.2, 0.25) is 0 Å². The van der Waals surface area contributed by atoms with Crippen molar-refractivity contribution < 1.29 is 4.79 Å². The maximum absolute atomic E-state index is 12.0. The van der Waals surface area contributed by atoms with Crippen LogP contribution in [0.5, 0.6) is 0 Å². The number of hydrogen-bond donors (Lipinski definition) is 1. The minimum Gasteiger partial charge on any atom is -0.322 e. The molecule has 1 amide bonds. The van der Waals surface area contributed by atoms with Crippen molar-refractivity contribution in [2.24, 2.45) is 0 Å². The number of carbonyl (C=O) groups is 1. The van der Waals surface area contributed by atoms with Crippen molar-refractivity contribution in [3.63, 3.8) is 0 Å². The Morgan fingerprint density at radius 1 is 1.32 bits per heavy atom. The number of hydrogen-bond acceptors (Lipinski definition) is 3. The first kappa shape index (κ1) is 13.2. The number of carbonyl (C=O) groups excluding carboxylic acids is 1. The molecule has 1 aromatic carbocycles. The number of anilines is 1. The van der Waals surface area contributed by atoms with Gasteiger partial charge in [-0.3, -0.25) is 4.79 Å². The van der Waals surface area contributed by atoms with Gasteiger partial charge in [0.15, 0.2) is 0 Å². The van der Waals surface area contributed by atoms with Crippen LogP contribution in [0, 0.1) is 11.3 Å². The second kappa shape index (κ2) is 6.12. The van der Waals surface area contributed by atoms with Crippen molar-refractivity contribution in [3.8, 4) is 6.07 Å². The van der Waals surface area contributed by atoms with E-state index in [1.807, 2.05) is 12.1 Å². The fraction of sp³-hybridized carbons (Fsp3) is 0.0714. The fourth-order valence-corrected chi connectivity index (χ4v) is 1.98. The Balaban J connectivity index is 2.11. The molecule has 0 fully saturated rings. The molecular weight excluding hydrogens is 306 g/mol. The van der Waals surface area contributed by atoms with Crippen LogP contribution in [-0.2, 0) is 6.42 Å². The molecule has 19 heavy (non-hydrogen) atoms. The Morgan fingerprint density at radius 3 is 2.68 bits per heavy atom. The first-order valence-electron chi connectivity index (χ1n) is 5.58. The number of aromatic nitrogens is 1. The summed E-state index contributed by atoms with van der Waals surface area (Å²) in [7, 11) is 0. The van der Waals surface area contributed by atoms with E-state index in [9.17, 15) is 4.79 Å². The summed E-state index contributed by atoms with van der Waals surface area (Å²) in [5.74, 6) is -0.229. The third-order valence-corrected chi connectivity index (χ3v) is 3.13. The largest absolute Gasteiger partial charge is 0.322 e. The highest BCUT2D eigenvalue weighted by Gasteiger charge is 2.10. The molecule has 0 saturated carbocycles. The summed E-state index contributed by atoms with van der Waals surface area (Å²) in [6.07, 6.45) is 1.97. The molecule has 0 radical (unpaired) electrons. The van der Waals surface area contributed by atoms with Crippen LogP contribution < -0.4 is 5.32 Å². The molecule has 0 aliphatic heterocycles. The zero-order valence-electron chi connectivity index (χ0n) is 9.93. The SMILES string of the molecule is N#CCc1ccc(NC(=O)c2cccnc2Br)cc1. The molecule has 0 bridgehead atoms. The number of nitrogens with zero attached hydrogens (tertiary/aromatic N) is 2. The summed E-state index contributed by atoms with van der Waals surface area (Å²) in [5.41, 5.74) is 2.08. The maximum atomic E-state index is 12.0. The predicted octanol–water partition coefficient (Wildman–Crippen LogP) is 3.16. The number of nitrogens with one attached hydrogen (secondary N) is 1. The highest BCUT2D eigenvalue weighted by molar-refractivity contribution is 9.10. The molecule has 5 heteroatoms. The Morgan fingerprint density at radius 2 is 2.05 bits per heavy atom. The monoisotopic (exact) mass is 315 g/mol. The lowest BCUT2D eigenvalue weighted by Gasteiger charge is -2.06. The van der Waals surface area contributed by atoms with E-state index in [2.05, 4.69) is 32.3 Å². The first-order chi connectivity index (χ1) is 9.20. The van der Waals surface area contributed by atoms with Crippen molar-refractivity contribution in [1.82, 2.24) is 4.98 Å². The Labute approximate surface area is 119 Å². The second-order valence-corrected chi connectivity index (χ2v) is 4.58. The lowest BCUT2D eigenvalue weighted by Crippen LogP contribution is -2.12. The van der Waals surface area contributed by atoms with Gasteiger partial charge in [0, 0.05) is 11.9 Å². The number of pyridine rings is 1. The van der Waals surface area contributed by atoms with Crippen molar-refractivity contribution in [2.75, 3.05) is 5.32 Å². The standard InChI is InChI=1S/C14H10BrN3O/c15-13-12(2-1-9-17-13)14(19)18-11-5-3-10(4-6-11)7-8-16/h1-6,9H,7H2,(H,18,19). The summed E-state index contributed by atoms with van der Waals surface area (Å²) >= 11 is 3.23. The molecule has 0 spiro atoms. The number of rotatable bonds is 3. The Kier molecular flexibility index (Phi) is 4.26. The quantitative estimate of drug-likeness (QED) is 0.885. The van der Waals surface area contributed by atoms with Gasteiger partial charge in [-0.15, -0.1) is 0 Å². The molecule has 2 rings (SSSR count). The topological polar surface area (TPSA) is 65.8 Å². The van der Waals surface area contributed by atoms with Gasteiger partial charge in [-0.05, 0) is 45.8 Å². The smallest absolute Gasteiger partial charge is 0.258 e. The molecule has 0 aliphatic rings. The van der Waals surface area contributed by atoms with Crippen LogP contribution in [0.15, 0.2) is 47.2 Å². The zero-order valence-corrected chi connectivity index (χ0v) is 11.5. The van der Waals surface area contributed by atoms with Crippen LogP contribution in [-0.4, -0.2) is 10.9 Å². The van der Waals surface area contributed by atoms with Crippen molar-refractivity contribution in [2.45, 2.75) is 6.42 Å². The minimum atomic E-state index is -0.229. The lowest BCUT2D eigenvalue weighted by molar-refractivity contribution is 0.102. The molecule has 4 nitrogen and oxygen atoms in total. The van der Waals surface area contributed by atoms with Gasteiger partial charge < -0.3 is 5.32 Å². The van der Waals surface area contributed by atoms with Crippen molar-refractivity contribution in [1.29, 1.82) is 5.26 Å². The van der Waals surface area contributed by atoms with Gasteiger partial charge in [0.1, 0.15) is 4.60 Å². The van der Waals surface area contributed by atoms with Crippen molar-refractivity contribution in [3.05, 3.63) is 58.3 Å². The number of benzene rings is 1. The molecule has 94 valence electrons. The number of nitriles is 1. The highest BCUT2D eigenvalue weighted by Crippen LogP contribution is 2.16. The number of amides is 1. The maximum Gasteiger partial charge on any atom is 0.258 e. The van der Waals surface area contributed by atoms with E-state index in [1.54, 1.807) is 30.5 Å². The molecule has 0 aliphatic carbocycles. The summed E-state index contributed by atoms with van der Waals surface area (Å²) < 4.78 is 0.508. The van der Waals surface area contributed by atoms with Crippen LogP contribution in [0.25, 0.3) is 0 Å². The van der Waals surface area contributed by atoms with Gasteiger partial charge >= 0.3 is 0 Å². The first-order valence-corrected chi connectivity index (χ1v) is 6.38. The summed E-state index contributed by atoms with van der Waals surface area (Å²) in [5, 5.41) is 11.4. The third-order valence-electron chi connectivity index (χ3n) is 2.50. The molecule has 1 aromatic heterocycles. The molecular formula is C14H10BrN3O. The van der Waals surface area contributed by atoms with E-state index in [1.165, 1.54) is 0 Å². The Hall–Kier alpha value is -2.19. The van der Waals surface area contributed by atoms with E-state index in [-0.39, 0.29) is 5.91 Å². The van der Waals surface area contributed by atoms with Gasteiger partial charge in [0.25, 0.3) is 5.91 Å². The summed E-state index contributed by atoms with van der Waals surface area (Å²) in [4.78, 5) is 16.0. The molecule has 0 atom stereocenters. The highest BCUT2D eigenvalue weighted by atomic mass is 79.9. The molecule has 1 heterocycles. The minimum absolute atomic E-state index is 0.229. The van der Waals surface area contributed by atoms with E-state index in [4.69, 9.17) is 5.26 Å². The lowest BCUT2D eigenvalue weighted by atomic mass is 10.1. The average molecular weight is 316 g/mol. The average Bonchev–Trinajstić information content (AvgIpc) is 2.42. The molecule has 0 saturated heterocycles. The van der Waals surface area contributed by atoms with Gasteiger partial charge in [-0.25, -0.2) is 4.98 Å². The second-order valence-electron chi connectivity index (χ2n) is 3.83. The molecule has 0 unspecified atom stereocenters. The van der Waals surface area contributed by atoms with E-state index in [0.29, 0.717) is 22.3 Å². The molecule has 2 aromatic rings. The van der Waals surface area contributed by atoms with Crippen LogP contribution in [0.3, 0.4) is 0 Å². The van der Waals surface area contributed by atoms with Gasteiger partial charge in [0.05, 0.1) is 18.1 Å². The van der Waals surface area contributed by atoms with E-state index >= 15 is 0 Å². The Bertz CT molecular complexity index is 632. The van der Waals surface area contributed by atoms with E-state index < -0.39 is 0 Å². The zero-order chi connectivity index (χ0) is 13.7. The summed E-state index contributed by atoms with van der Waals surface area (Å²) in [6, 6.07) is 12.6. The normalized spacial score (nSPS) is 9.68. The third kappa shape index (κ3) is 3.39. The van der Waals surface area contributed by atoms with Gasteiger partial charge in [-0.2, -0.15) is 5.26 Å². The van der Waals surface area contributed by atoms with E-state index in [0.717, 1.165) is 5.56 Å². The van der Waals surface area contributed by atoms with Crippen LogP contribution in [0.4, 0.5) is 5.69 Å². The fourth-order valence-electron chi connectivity index (χ4n) is 1.55. The van der Waals surface area contributed by atoms with Gasteiger partial charge in [-0.1, -0.05) is 12.1 Å². The van der Waals surface area contributed by atoms with Crippen LogP contribution >= 0.6 is 15.9 Å². The molecule has 1 N–H and O–H groups in total. The van der Waals surface area contributed by atoms with Crippen LogP contribution in [0.2, 0.25) is 0 Å². The van der Waals surface area contributed by atoms with Crippen LogP contribution in [0.1, 0.15) is 15.9 Å².